The summed E-state index contributed by atoms with van der Waals surface area (Å²) in [5.41, 5.74) is 3.56. The Morgan fingerprint density at radius 1 is 1.17 bits per heavy atom. The third-order valence-corrected chi connectivity index (χ3v) is 5.86. The SMILES string of the molecule is CCN(CC)[C@@H]1CCO[C@H](c2ccc(NC(=O)Cn3nnc4ccccc43)cc2)C1. The minimum Gasteiger partial charge on any atom is -0.373 e. The summed E-state index contributed by atoms with van der Waals surface area (Å²) in [6, 6.07) is 16.2. The Labute approximate surface area is 177 Å². The van der Waals surface area contributed by atoms with Gasteiger partial charge < -0.3 is 15.0 Å². The third-order valence-electron chi connectivity index (χ3n) is 5.86. The van der Waals surface area contributed by atoms with Gasteiger partial charge in [0.05, 0.1) is 11.6 Å². The molecule has 1 N–H and O–H groups in total. The van der Waals surface area contributed by atoms with Crippen molar-refractivity contribution in [3.05, 3.63) is 54.1 Å². The fourth-order valence-electron chi connectivity index (χ4n) is 4.24. The molecular formula is C23H29N5O2. The van der Waals surface area contributed by atoms with Crippen LogP contribution in [-0.2, 0) is 16.1 Å². The van der Waals surface area contributed by atoms with Gasteiger partial charge in [-0.1, -0.05) is 43.3 Å². The van der Waals surface area contributed by atoms with Crippen LogP contribution in [0.4, 0.5) is 5.69 Å². The van der Waals surface area contributed by atoms with Crippen LogP contribution >= 0.6 is 0 Å². The van der Waals surface area contributed by atoms with Crippen molar-refractivity contribution >= 4 is 22.6 Å². The lowest BCUT2D eigenvalue weighted by atomic mass is 9.96. The van der Waals surface area contributed by atoms with Gasteiger partial charge in [0.1, 0.15) is 12.1 Å². The normalized spacial score (nSPS) is 19.3. The van der Waals surface area contributed by atoms with Crippen molar-refractivity contribution in [2.75, 3.05) is 25.0 Å². The number of aromatic nitrogens is 3. The number of nitrogens with one attached hydrogen (secondary N) is 1. The molecule has 0 spiro atoms. The summed E-state index contributed by atoms with van der Waals surface area (Å²) in [4.78, 5) is 15.0. The highest BCUT2D eigenvalue weighted by Gasteiger charge is 2.27. The number of carbonyl (C=O) groups is 1. The molecular weight excluding hydrogens is 378 g/mol. The molecule has 7 heteroatoms. The quantitative estimate of drug-likeness (QED) is 0.647. The molecule has 1 amide bonds. The number of carbonyl (C=O) groups excluding carboxylic acids is 1. The fourth-order valence-corrected chi connectivity index (χ4v) is 4.24. The molecule has 0 unspecified atom stereocenters. The number of hydrogen-bond acceptors (Lipinski definition) is 5. The van der Waals surface area contributed by atoms with Crippen LogP contribution in [0.1, 0.15) is 38.4 Å². The first-order valence-corrected chi connectivity index (χ1v) is 10.7. The molecule has 1 fully saturated rings. The van der Waals surface area contributed by atoms with E-state index < -0.39 is 0 Å². The highest BCUT2D eigenvalue weighted by atomic mass is 16.5. The van der Waals surface area contributed by atoms with Crippen molar-refractivity contribution in [3.63, 3.8) is 0 Å². The van der Waals surface area contributed by atoms with Gasteiger partial charge in [-0.25, -0.2) is 4.68 Å². The summed E-state index contributed by atoms with van der Waals surface area (Å²) in [7, 11) is 0. The molecule has 2 atom stereocenters. The van der Waals surface area contributed by atoms with Gasteiger partial charge >= 0.3 is 0 Å². The zero-order chi connectivity index (χ0) is 20.9. The average molecular weight is 408 g/mol. The lowest BCUT2D eigenvalue weighted by Crippen LogP contribution is -2.40. The zero-order valence-electron chi connectivity index (χ0n) is 17.6. The highest BCUT2D eigenvalue weighted by Crippen LogP contribution is 2.31. The second kappa shape index (κ2) is 9.36. The van der Waals surface area contributed by atoms with Gasteiger partial charge in [0.15, 0.2) is 0 Å². The van der Waals surface area contributed by atoms with Gasteiger partial charge in [0.2, 0.25) is 5.91 Å². The van der Waals surface area contributed by atoms with Crippen LogP contribution in [-0.4, -0.2) is 51.5 Å². The molecule has 7 nitrogen and oxygen atoms in total. The van der Waals surface area contributed by atoms with Crippen molar-refractivity contribution in [2.45, 2.75) is 45.4 Å². The summed E-state index contributed by atoms with van der Waals surface area (Å²) in [6.07, 6.45) is 2.20. The van der Waals surface area contributed by atoms with Crippen LogP contribution in [0.2, 0.25) is 0 Å². The van der Waals surface area contributed by atoms with E-state index in [1.165, 1.54) is 0 Å². The number of fused-ring (bicyclic) bond motifs is 1. The number of benzene rings is 2. The first kappa shape index (κ1) is 20.5. The second-order valence-corrected chi connectivity index (χ2v) is 7.66. The molecule has 30 heavy (non-hydrogen) atoms. The molecule has 0 saturated carbocycles. The number of para-hydroxylation sites is 1. The summed E-state index contributed by atoms with van der Waals surface area (Å²) >= 11 is 0. The predicted octanol–water partition coefficient (Wildman–Crippen LogP) is 3.63. The number of anilines is 1. The average Bonchev–Trinajstić information content (AvgIpc) is 3.18. The maximum atomic E-state index is 12.5. The third kappa shape index (κ3) is 4.52. The Kier molecular flexibility index (Phi) is 6.40. The number of hydrogen-bond donors (Lipinski definition) is 1. The molecule has 1 aromatic heterocycles. The van der Waals surface area contributed by atoms with E-state index in [4.69, 9.17) is 4.74 Å². The van der Waals surface area contributed by atoms with Gasteiger partial charge in [-0.05, 0) is 55.8 Å². The summed E-state index contributed by atoms with van der Waals surface area (Å²) in [6.45, 7) is 7.48. The molecule has 0 bridgehead atoms. The van der Waals surface area contributed by atoms with Gasteiger partial charge in [-0.3, -0.25) is 4.79 Å². The van der Waals surface area contributed by atoms with E-state index in [0.29, 0.717) is 6.04 Å². The molecule has 4 rings (SSSR count). The van der Waals surface area contributed by atoms with Crippen LogP contribution in [0.25, 0.3) is 11.0 Å². The van der Waals surface area contributed by atoms with Gasteiger partial charge in [0, 0.05) is 18.3 Å². The smallest absolute Gasteiger partial charge is 0.246 e. The van der Waals surface area contributed by atoms with E-state index in [-0.39, 0.29) is 18.6 Å². The predicted molar refractivity (Wildman–Crippen MR) is 117 cm³/mol. The maximum absolute atomic E-state index is 12.5. The van der Waals surface area contributed by atoms with Crippen LogP contribution in [0, 0.1) is 0 Å². The van der Waals surface area contributed by atoms with Gasteiger partial charge in [-0.15, -0.1) is 5.10 Å². The number of rotatable bonds is 7. The molecule has 158 valence electrons. The van der Waals surface area contributed by atoms with E-state index in [1.807, 2.05) is 36.4 Å². The lowest BCUT2D eigenvalue weighted by Gasteiger charge is -2.36. The van der Waals surface area contributed by atoms with Crippen molar-refractivity contribution < 1.29 is 9.53 Å². The number of ether oxygens (including phenoxy) is 1. The van der Waals surface area contributed by atoms with Gasteiger partial charge in [-0.2, -0.15) is 0 Å². The maximum Gasteiger partial charge on any atom is 0.246 e. The summed E-state index contributed by atoms with van der Waals surface area (Å²) in [5.74, 6) is -0.131. The molecule has 0 radical (unpaired) electrons. The molecule has 1 aliphatic heterocycles. The Bertz CT molecular complexity index is 981. The second-order valence-electron chi connectivity index (χ2n) is 7.66. The van der Waals surface area contributed by atoms with Crippen LogP contribution in [0.3, 0.4) is 0 Å². The Morgan fingerprint density at radius 3 is 2.70 bits per heavy atom. The van der Waals surface area contributed by atoms with Crippen molar-refractivity contribution in [1.29, 1.82) is 0 Å². The minimum absolute atomic E-state index is 0.107. The first-order valence-electron chi connectivity index (χ1n) is 10.7. The lowest BCUT2D eigenvalue weighted by molar-refractivity contribution is -0.116. The molecule has 2 aromatic carbocycles. The van der Waals surface area contributed by atoms with Crippen LogP contribution in [0.5, 0.6) is 0 Å². The standard InChI is InChI=1S/C23H29N5O2/c1-3-27(4-2)19-13-14-30-22(15-19)17-9-11-18(12-10-17)24-23(29)16-28-21-8-6-5-7-20(21)25-26-28/h5-12,19,22H,3-4,13-16H2,1-2H3,(H,24,29)/t19-,22+/m1/s1. The van der Waals surface area contributed by atoms with E-state index in [1.54, 1.807) is 4.68 Å². The van der Waals surface area contributed by atoms with Crippen molar-refractivity contribution in [1.82, 2.24) is 19.9 Å². The molecule has 0 aliphatic carbocycles. The first-order chi connectivity index (χ1) is 14.7. The Hall–Kier alpha value is -2.77. The summed E-state index contributed by atoms with van der Waals surface area (Å²) in [5, 5.41) is 11.1. The highest BCUT2D eigenvalue weighted by molar-refractivity contribution is 5.91. The van der Waals surface area contributed by atoms with E-state index >= 15 is 0 Å². The van der Waals surface area contributed by atoms with E-state index in [9.17, 15) is 4.79 Å². The molecule has 3 aromatic rings. The molecule has 1 saturated heterocycles. The Morgan fingerprint density at radius 2 is 1.93 bits per heavy atom. The largest absolute Gasteiger partial charge is 0.373 e. The summed E-state index contributed by atoms with van der Waals surface area (Å²) < 4.78 is 7.65. The number of nitrogens with zero attached hydrogens (tertiary/aromatic N) is 4. The van der Waals surface area contributed by atoms with Gasteiger partial charge in [0.25, 0.3) is 0 Å². The minimum atomic E-state index is -0.131. The van der Waals surface area contributed by atoms with Crippen molar-refractivity contribution in [2.24, 2.45) is 0 Å². The molecule has 1 aliphatic rings. The topological polar surface area (TPSA) is 72.3 Å². The fraction of sp³-hybridized carbons (Fsp3) is 0.435. The van der Waals surface area contributed by atoms with E-state index in [2.05, 4.69) is 46.5 Å². The van der Waals surface area contributed by atoms with Crippen LogP contribution < -0.4 is 5.32 Å². The Balaban J connectivity index is 1.37. The van der Waals surface area contributed by atoms with Crippen LogP contribution in [0.15, 0.2) is 48.5 Å². The van der Waals surface area contributed by atoms with E-state index in [0.717, 1.165) is 54.8 Å². The monoisotopic (exact) mass is 407 g/mol. The molecule has 2 heterocycles. The van der Waals surface area contributed by atoms with Crippen molar-refractivity contribution in [3.8, 4) is 0 Å². The number of amides is 1. The zero-order valence-corrected chi connectivity index (χ0v) is 17.6.